The van der Waals surface area contributed by atoms with Crippen LogP contribution in [0.3, 0.4) is 0 Å². The number of rotatable bonds is 4. The van der Waals surface area contributed by atoms with E-state index in [2.05, 4.69) is 13.2 Å². The molecule has 0 aliphatic carbocycles. The quantitative estimate of drug-likeness (QED) is 0.438. The Bertz CT molecular complexity index is 138. The van der Waals surface area contributed by atoms with Gasteiger partial charge in [0.15, 0.2) is 0 Å². The van der Waals surface area contributed by atoms with Crippen LogP contribution in [0.4, 0.5) is 0 Å². The molecule has 0 fully saturated rings. The van der Waals surface area contributed by atoms with Gasteiger partial charge in [-0.2, -0.15) is 0 Å². The van der Waals surface area contributed by atoms with E-state index in [0.717, 1.165) is 0 Å². The lowest BCUT2D eigenvalue weighted by Gasteiger charge is -2.05. The number of hydrogen-bond acceptors (Lipinski definition) is 2. The highest BCUT2D eigenvalue weighted by molar-refractivity contribution is 5.71. The summed E-state index contributed by atoms with van der Waals surface area (Å²) in [6.45, 7) is 8.64. The zero-order valence-electron chi connectivity index (χ0n) is 6.17. The zero-order valence-corrected chi connectivity index (χ0v) is 6.17. The molecule has 0 aliphatic rings. The molecule has 2 heteroatoms. The maximum absolute atomic E-state index is 10.7. The van der Waals surface area contributed by atoms with Crippen LogP contribution in [0.2, 0.25) is 0 Å². The average molecular weight is 140 g/mol. The van der Waals surface area contributed by atoms with E-state index < -0.39 is 0 Å². The van der Waals surface area contributed by atoms with Crippen molar-refractivity contribution in [2.75, 3.05) is 0 Å². The third kappa shape index (κ3) is 3.89. The Labute approximate surface area is 61.2 Å². The maximum atomic E-state index is 10.7. The summed E-state index contributed by atoms with van der Waals surface area (Å²) in [7, 11) is 0. The summed E-state index contributed by atoms with van der Waals surface area (Å²) in [4.78, 5) is 10.7. The lowest BCUT2D eigenvalue weighted by Crippen LogP contribution is -2.10. The molecule has 0 aromatic rings. The number of hydrogen-bond donors (Lipinski definition) is 0. The Hall–Kier alpha value is -1.05. The molecule has 0 aromatic heterocycles. The normalized spacial score (nSPS) is 11.7. The lowest BCUT2D eigenvalue weighted by atomic mass is 10.4. The van der Waals surface area contributed by atoms with Gasteiger partial charge in [-0.3, -0.25) is 4.79 Å². The third-order valence-corrected chi connectivity index (χ3v) is 0.960. The van der Waals surface area contributed by atoms with Gasteiger partial charge in [0.2, 0.25) is 0 Å². The highest BCUT2D eigenvalue weighted by Gasteiger charge is 2.02. The van der Waals surface area contributed by atoms with Gasteiger partial charge in [0, 0.05) is 0 Å². The molecular formula is C8H12O2. The first-order chi connectivity index (χ1) is 4.70. The highest BCUT2D eigenvalue weighted by Crippen LogP contribution is 1.94. The van der Waals surface area contributed by atoms with Crippen molar-refractivity contribution in [3.8, 4) is 0 Å². The molecule has 0 amide bonds. The van der Waals surface area contributed by atoms with Crippen molar-refractivity contribution in [1.29, 1.82) is 0 Å². The van der Waals surface area contributed by atoms with E-state index in [1.54, 1.807) is 13.0 Å². The molecule has 0 unspecified atom stereocenters. The summed E-state index contributed by atoms with van der Waals surface area (Å²) in [6.07, 6.45) is 3.14. The van der Waals surface area contributed by atoms with Gasteiger partial charge in [-0.05, 0) is 6.92 Å². The molecule has 0 radical (unpaired) electrons. The van der Waals surface area contributed by atoms with Crippen LogP contribution in [0.15, 0.2) is 25.3 Å². The van der Waals surface area contributed by atoms with Gasteiger partial charge >= 0.3 is 5.97 Å². The smallest absolute Gasteiger partial charge is 0.310 e. The first-order valence-corrected chi connectivity index (χ1v) is 3.13. The van der Waals surface area contributed by atoms with E-state index in [-0.39, 0.29) is 18.5 Å². The van der Waals surface area contributed by atoms with Gasteiger partial charge in [-0.25, -0.2) is 0 Å². The van der Waals surface area contributed by atoms with E-state index >= 15 is 0 Å². The Balaban J connectivity index is 3.56. The van der Waals surface area contributed by atoms with Gasteiger partial charge in [-0.15, -0.1) is 6.58 Å². The van der Waals surface area contributed by atoms with Crippen LogP contribution in [0.5, 0.6) is 0 Å². The lowest BCUT2D eigenvalue weighted by molar-refractivity contribution is -0.145. The first kappa shape index (κ1) is 8.95. The SMILES string of the molecule is C=CCC(=O)O[C@@H](C)C=C. The van der Waals surface area contributed by atoms with Gasteiger partial charge in [-0.1, -0.05) is 18.7 Å². The second-order valence-corrected chi connectivity index (χ2v) is 1.92. The van der Waals surface area contributed by atoms with E-state index in [0.29, 0.717) is 0 Å². The van der Waals surface area contributed by atoms with Gasteiger partial charge < -0.3 is 4.74 Å². The second kappa shape index (κ2) is 4.79. The Morgan fingerprint density at radius 3 is 2.70 bits per heavy atom. The summed E-state index contributed by atoms with van der Waals surface area (Å²) in [5.41, 5.74) is 0. The zero-order chi connectivity index (χ0) is 7.98. The summed E-state index contributed by atoms with van der Waals surface area (Å²) in [6, 6.07) is 0. The van der Waals surface area contributed by atoms with Crippen molar-refractivity contribution in [1.82, 2.24) is 0 Å². The molecule has 0 aliphatic heterocycles. The van der Waals surface area contributed by atoms with E-state index in [4.69, 9.17) is 4.74 Å². The summed E-state index contributed by atoms with van der Waals surface area (Å²) in [5, 5.41) is 0. The summed E-state index contributed by atoms with van der Waals surface area (Å²) in [5.74, 6) is -0.262. The molecule has 0 bridgehead atoms. The van der Waals surface area contributed by atoms with Gasteiger partial charge in [0.25, 0.3) is 0 Å². The number of ether oxygens (including phenoxy) is 1. The van der Waals surface area contributed by atoms with Gasteiger partial charge in [0.1, 0.15) is 6.10 Å². The van der Waals surface area contributed by atoms with Crippen molar-refractivity contribution < 1.29 is 9.53 Å². The molecule has 0 spiro atoms. The highest BCUT2D eigenvalue weighted by atomic mass is 16.5. The predicted molar refractivity (Wildman–Crippen MR) is 40.6 cm³/mol. The second-order valence-electron chi connectivity index (χ2n) is 1.92. The van der Waals surface area contributed by atoms with Crippen LogP contribution in [0.25, 0.3) is 0 Å². The molecule has 0 N–H and O–H groups in total. The predicted octanol–water partition coefficient (Wildman–Crippen LogP) is 1.68. The summed E-state index contributed by atoms with van der Waals surface area (Å²) >= 11 is 0. The van der Waals surface area contributed by atoms with E-state index in [1.807, 2.05) is 0 Å². The standard InChI is InChI=1S/C8H12O2/c1-4-6-8(9)10-7(3)5-2/h4-5,7H,1-2,6H2,3H3/t7-/m0/s1. The van der Waals surface area contributed by atoms with Crippen LogP contribution < -0.4 is 0 Å². The van der Waals surface area contributed by atoms with Crippen LogP contribution in [0, 0.1) is 0 Å². The monoisotopic (exact) mass is 140 g/mol. The minimum atomic E-state index is -0.262. The van der Waals surface area contributed by atoms with E-state index in [9.17, 15) is 4.79 Å². The molecule has 0 saturated heterocycles. The fourth-order valence-electron chi connectivity index (χ4n) is 0.421. The van der Waals surface area contributed by atoms with Crippen LogP contribution in [-0.4, -0.2) is 12.1 Å². The fraction of sp³-hybridized carbons (Fsp3) is 0.375. The fourth-order valence-corrected chi connectivity index (χ4v) is 0.421. The van der Waals surface area contributed by atoms with Crippen LogP contribution in [-0.2, 0) is 9.53 Å². The Morgan fingerprint density at radius 1 is 1.70 bits per heavy atom. The van der Waals surface area contributed by atoms with E-state index in [1.165, 1.54) is 6.08 Å². The molecular weight excluding hydrogens is 128 g/mol. The molecule has 10 heavy (non-hydrogen) atoms. The maximum Gasteiger partial charge on any atom is 0.310 e. The molecule has 0 saturated carbocycles. The van der Waals surface area contributed by atoms with Crippen molar-refractivity contribution >= 4 is 5.97 Å². The van der Waals surface area contributed by atoms with Crippen molar-refractivity contribution in [3.05, 3.63) is 25.3 Å². The number of carbonyl (C=O) groups excluding carboxylic acids is 1. The first-order valence-electron chi connectivity index (χ1n) is 3.13. The molecule has 0 rings (SSSR count). The van der Waals surface area contributed by atoms with Crippen LogP contribution in [0.1, 0.15) is 13.3 Å². The average Bonchev–Trinajstić information content (AvgIpc) is 1.88. The van der Waals surface area contributed by atoms with Crippen LogP contribution >= 0.6 is 0 Å². The van der Waals surface area contributed by atoms with Gasteiger partial charge in [0.05, 0.1) is 6.42 Å². The molecule has 0 aromatic carbocycles. The molecule has 56 valence electrons. The Morgan fingerprint density at radius 2 is 2.30 bits per heavy atom. The minimum absolute atomic E-state index is 0.201. The largest absolute Gasteiger partial charge is 0.458 e. The third-order valence-electron chi connectivity index (χ3n) is 0.960. The topological polar surface area (TPSA) is 26.3 Å². The molecule has 2 nitrogen and oxygen atoms in total. The number of carbonyl (C=O) groups is 1. The summed E-state index contributed by atoms with van der Waals surface area (Å²) < 4.78 is 4.81. The van der Waals surface area contributed by atoms with Crippen molar-refractivity contribution in [2.24, 2.45) is 0 Å². The Kier molecular flexibility index (Phi) is 4.29. The van der Waals surface area contributed by atoms with Crippen molar-refractivity contribution in [3.63, 3.8) is 0 Å². The number of esters is 1. The minimum Gasteiger partial charge on any atom is -0.458 e. The molecule has 1 atom stereocenters. The molecule has 0 heterocycles. The van der Waals surface area contributed by atoms with Crippen molar-refractivity contribution in [2.45, 2.75) is 19.4 Å².